The Balaban J connectivity index is 2.83. The smallest absolute Gasteiger partial charge is 0.425 e. The molecule has 0 bridgehead atoms. The number of halogens is 1. The third-order valence-corrected chi connectivity index (χ3v) is 2.43. The predicted molar refractivity (Wildman–Crippen MR) is 51.8 cm³/mol. The van der Waals surface area contributed by atoms with Crippen LogP contribution in [0, 0.1) is 5.82 Å². The summed E-state index contributed by atoms with van der Waals surface area (Å²) < 4.78 is 34.0. The molecule has 1 aromatic rings. The van der Waals surface area contributed by atoms with E-state index in [4.69, 9.17) is 4.52 Å². The van der Waals surface area contributed by atoms with Gasteiger partial charge >= 0.3 is 7.60 Å². The highest BCUT2D eigenvalue weighted by atomic mass is 31.2. The molecule has 1 rings (SSSR count). The third kappa shape index (κ3) is 2.89. The van der Waals surface area contributed by atoms with Gasteiger partial charge in [0.2, 0.25) is 0 Å². The molecule has 0 aliphatic carbocycles. The minimum atomic E-state index is -3.30. The second-order valence-corrected chi connectivity index (χ2v) is 4.50. The first kappa shape index (κ1) is 10.8. The second-order valence-electron chi connectivity index (χ2n) is 2.57. The van der Waals surface area contributed by atoms with E-state index in [1.165, 1.54) is 24.9 Å². The van der Waals surface area contributed by atoms with Crippen molar-refractivity contribution in [2.45, 2.75) is 0 Å². The van der Waals surface area contributed by atoms with Crippen molar-refractivity contribution in [1.82, 2.24) is 0 Å². The maximum absolute atomic E-state index is 13.0. The number of hydrogen-bond acceptors (Lipinski definition) is 3. The summed E-state index contributed by atoms with van der Waals surface area (Å²) in [5.74, 6) is -0.678. The van der Waals surface area contributed by atoms with E-state index in [1.807, 2.05) is 0 Å². The Morgan fingerprint density at radius 1 is 1.50 bits per heavy atom. The van der Waals surface area contributed by atoms with E-state index < -0.39 is 13.4 Å². The van der Waals surface area contributed by atoms with Gasteiger partial charge in [-0.25, -0.2) is 8.96 Å². The van der Waals surface area contributed by atoms with E-state index in [-0.39, 0.29) is 5.75 Å². The van der Waals surface area contributed by atoms with Crippen LogP contribution in [0.4, 0.5) is 4.39 Å². The van der Waals surface area contributed by atoms with Crippen molar-refractivity contribution in [3.05, 3.63) is 42.9 Å². The Morgan fingerprint density at radius 3 is 2.71 bits per heavy atom. The molecule has 0 heterocycles. The summed E-state index contributed by atoms with van der Waals surface area (Å²) in [6.45, 7) is 4.48. The van der Waals surface area contributed by atoms with E-state index in [9.17, 15) is 8.96 Å². The van der Waals surface area contributed by atoms with E-state index in [0.29, 0.717) is 0 Å². The van der Waals surface area contributed by atoms with Gasteiger partial charge in [0.25, 0.3) is 0 Å². The van der Waals surface area contributed by atoms with Gasteiger partial charge in [-0.1, -0.05) is 18.7 Å². The lowest BCUT2D eigenvalue weighted by Gasteiger charge is -2.13. The topological polar surface area (TPSA) is 35.5 Å². The second kappa shape index (κ2) is 4.29. The molecule has 1 aromatic carbocycles. The molecule has 0 radical (unpaired) electrons. The van der Waals surface area contributed by atoms with Gasteiger partial charge in [-0.3, -0.25) is 0 Å². The molecule has 0 aliphatic rings. The molecule has 3 nitrogen and oxygen atoms in total. The minimum absolute atomic E-state index is 0.0971. The Labute approximate surface area is 81.7 Å². The van der Waals surface area contributed by atoms with Crippen molar-refractivity contribution in [3.8, 4) is 5.75 Å². The van der Waals surface area contributed by atoms with E-state index in [2.05, 4.69) is 11.1 Å². The largest absolute Gasteiger partial charge is 0.427 e. The van der Waals surface area contributed by atoms with Crippen LogP contribution in [0.3, 0.4) is 0 Å². The first-order chi connectivity index (χ1) is 6.55. The zero-order chi connectivity index (χ0) is 10.6. The molecule has 0 saturated heterocycles. The summed E-state index contributed by atoms with van der Waals surface area (Å²) in [5.41, 5.74) is 0. The summed E-state index contributed by atoms with van der Waals surface area (Å²) in [5, 5.41) is 0. The van der Waals surface area contributed by atoms with Gasteiger partial charge in [-0.05, 0) is 12.1 Å². The van der Waals surface area contributed by atoms with Gasteiger partial charge in [-0.15, -0.1) is 0 Å². The maximum atomic E-state index is 13.0. The van der Waals surface area contributed by atoms with Crippen molar-refractivity contribution >= 4 is 7.60 Å². The molecule has 1 unspecified atom stereocenters. The van der Waals surface area contributed by atoms with Crippen molar-refractivity contribution in [3.63, 3.8) is 0 Å². The van der Waals surface area contributed by atoms with Crippen LogP contribution in [0.25, 0.3) is 0 Å². The van der Waals surface area contributed by atoms with Crippen molar-refractivity contribution in [2.24, 2.45) is 0 Å². The van der Waals surface area contributed by atoms with Crippen LogP contribution in [0.1, 0.15) is 0 Å². The maximum Gasteiger partial charge on any atom is 0.427 e. The fourth-order valence-corrected chi connectivity index (χ4v) is 1.67. The summed E-state index contributed by atoms with van der Waals surface area (Å²) >= 11 is 0. The van der Waals surface area contributed by atoms with Crippen LogP contribution in [0.15, 0.2) is 37.1 Å². The van der Waals surface area contributed by atoms with Gasteiger partial charge in [0, 0.05) is 0 Å². The summed E-state index contributed by atoms with van der Waals surface area (Å²) in [4.78, 5) is 0. The van der Waals surface area contributed by atoms with Crippen LogP contribution in [-0.4, -0.2) is 6.66 Å². The van der Waals surface area contributed by atoms with Crippen LogP contribution >= 0.6 is 7.60 Å². The number of rotatable bonds is 4. The molecule has 0 amide bonds. The zero-order valence-electron chi connectivity index (χ0n) is 7.64. The molecular weight excluding hydrogens is 206 g/mol. The molecule has 5 heteroatoms. The molecule has 0 fully saturated rings. The molecule has 1 atom stereocenters. The van der Waals surface area contributed by atoms with Gasteiger partial charge in [-0.2, -0.15) is 0 Å². The Bertz CT molecular complexity index is 378. The van der Waals surface area contributed by atoms with Crippen molar-refractivity contribution < 1.29 is 18.0 Å². The first-order valence-corrected chi connectivity index (χ1v) is 5.85. The van der Waals surface area contributed by atoms with E-state index in [1.54, 1.807) is 6.07 Å². The van der Waals surface area contributed by atoms with Gasteiger partial charge < -0.3 is 9.05 Å². The number of hydrogen-bond donors (Lipinski definition) is 0. The number of benzene rings is 1. The normalized spacial score (nSPS) is 14.1. The summed E-state index contributed by atoms with van der Waals surface area (Å²) in [6.07, 6.45) is 1.00. The summed E-state index contributed by atoms with van der Waals surface area (Å²) in [7, 11) is -3.30. The monoisotopic (exact) mass is 216 g/mol. The lowest BCUT2D eigenvalue weighted by molar-refractivity contribution is 0.354. The molecule has 0 N–H and O–H groups in total. The van der Waals surface area contributed by atoms with Crippen molar-refractivity contribution in [2.75, 3.05) is 6.66 Å². The van der Waals surface area contributed by atoms with Crippen molar-refractivity contribution in [1.29, 1.82) is 0 Å². The molecule has 14 heavy (non-hydrogen) atoms. The molecule has 0 aliphatic heterocycles. The Kier molecular flexibility index (Phi) is 3.31. The molecule has 0 saturated carbocycles. The minimum Gasteiger partial charge on any atom is -0.425 e. The van der Waals surface area contributed by atoms with Crippen LogP contribution < -0.4 is 4.52 Å². The highest BCUT2D eigenvalue weighted by Gasteiger charge is 2.19. The zero-order valence-corrected chi connectivity index (χ0v) is 8.54. The molecule has 0 spiro atoms. The number of para-hydroxylation sites is 1. The lowest BCUT2D eigenvalue weighted by Crippen LogP contribution is -1.94. The van der Waals surface area contributed by atoms with E-state index >= 15 is 0 Å². The fraction of sp³-hybridized carbons (Fsp3) is 0.111. The third-order valence-electron chi connectivity index (χ3n) is 1.37. The average molecular weight is 216 g/mol. The average Bonchev–Trinajstić information content (AvgIpc) is 2.08. The molecule has 76 valence electrons. The first-order valence-electron chi connectivity index (χ1n) is 3.86. The highest BCUT2D eigenvalue weighted by Crippen LogP contribution is 2.44. The van der Waals surface area contributed by atoms with E-state index in [0.717, 1.165) is 6.26 Å². The van der Waals surface area contributed by atoms with Crippen LogP contribution in [-0.2, 0) is 9.09 Å². The molecule has 0 aromatic heterocycles. The van der Waals surface area contributed by atoms with Gasteiger partial charge in [0.05, 0.1) is 12.9 Å². The SMILES string of the molecule is C=COP(C)(=O)Oc1ccccc1F. The lowest BCUT2D eigenvalue weighted by atomic mass is 10.3. The predicted octanol–water partition coefficient (Wildman–Crippen LogP) is 3.19. The summed E-state index contributed by atoms with van der Waals surface area (Å²) in [6, 6.07) is 5.67. The Morgan fingerprint density at radius 2 is 2.14 bits per heavy atom. The fourth-order valence-electron chi connectivity index (χ4n) is 0.854. The Hall–Kier alpha value is -1.28. The molecular formula is C9H10FO3P. The quantitative estimate of drug-likeness (QED) is 0.572. The van der Waals surface area contributed by atoms with Gasteiger partial charge in [0.15, 0.2) is 11.6 Å². The standard InChI is InChI=1S/C9H10FO3P/c1-3-12-14(2,11)13-9-7-5-4-6-8(9)10/h3-7H,1H2,2H3. The van der Waals surface area contributed by atoms with Gasteiger partial charge in [0.1, 0.15) is 0 Å². The van der Waals surface area contributed by atoms with Crippen LogP contribution in [0.2, 0.25) is 0 Å². The van der Waals surface area contributed by atoms with Crippen LogP contribution in [0.5, 0.6) is 5.75 Å². The highest BCUT2D eigenvalue weighted by molar-refractivity contribution is 7.53.